The predicted molar refractivity (Wildman–Crippen MR) is 97.1 cm³/mol. The van der Waals surface area contributed by atoms with Crippen LogP contribution in [0.1, 0.15) is 73.1 Å². The summed E-state index contributed by atoms with van der Waals surface area (Å²) < 4.78 is 16.6. The first-order chi connectivity index (χ1) is 11.7. The van der Waals surface area contributed by atoms with Crippen molar-refractivity contribution in [1.82, 2.24) is 0 Å². The molecule has 0 unspecified atom stereocenters. The van der Waals surface area contributed by atoms with Gasteiger partial charge in [-0.2, -0.15) is 0 Å². The Bertz CT molecular complexity index is 572. The molecular weight excluding hydrogens is 320 g/mol. The summed E-state index contributed by atoms with van der Waals surface area (Å²) >= 11 is 0. The van der Waals surface area contributed by atoms with Gasteiger partial charge < -0.3 is 14.2 Å². The second-order valence-corrected chi connectivity index (χ2v) is 6.98. The zero-order chi connectivity index (χ0) is 18.9. The molecule has 1 aromatic carbocycles. The van der Waals surface area contributed by atoms with Gasteiger partial charge in [0.05, 0.1) is 0 Å². The molecule has 0 spiro atoms. The molecule has 0 aliphatic rings. The van der Waals surface area contributed by atoms with Gasteiger partial charge in [-0.25, -0.2) is 0 Å². The topological polar surface area (TPSA) is 61.8 Å². The average Bonchev–Trinajstić information content (AvgIpc) is 2.52. The molecule has 0 saturated heterocycles. The van der Waals surface area contributed by atoms with E-state index in [9.17, 15) is 9.59 Å². The minimum absolute atomic E-state index is 0.215. The smallest absolute Gasteiger partial charge is 0.311 e. The van der Waals surface area contributed by atoms with Gasteiger partial charge in [0.2, 0.25) is 0 Å². The Hall–Kier alpha value is -2.04. The number of rotatable bonds is 9. The maximum absolute atomic E-state index is 12.0. The second kappa shape index (κ2) is 10.1. The molecule has 0 amide bonds. The third-order valence-electron chi connectivity index (χ3n) is 3.26. The van der Waals surface area contributed by atoms with Crippen molar-refractivity contribution in [3.05, 3.63) is 18.2 Å². The highest BCUT2D eigenvalue weighted by atomic mass is 16.6. The van der Waals surface area contributed by atoms with Gasteiger partial charge in [0.1, 0.15) is 11.4 Å². The molecule has 140 valence electrons. The summed E-state index contributed by atoms with van der Waals surface area (Å²) in [5, 5.41) is 0. The van der Waals surface area contributed by atoms with E-state index in [1.54, 1.807) is 18.2 Å². The quantitative estimate of drug-likeness (QED) is 0.460. The minimum Gasteiger partial charge on any atom is -0.488 e. The van der Waals surface area contributed by atoms with Crippen molar-refractivity contribution >= 4 is 11.9 Å². The van der Waals surface area contributed by atoms with Gasteiger partial charge in [-0.15, -0.1) is 0 Å². The third kappa shape index (κ3) is 8.57. The molecule has 0 aliphatic heterocycles. The molecule has 1 rings (SSSR count). The van der Waals surface area contributed by atoms with Crippen LogP contribution in [0.3, 0.4) is 0 Å². The van der Waals surface area contributed by atoms with E-state index in [1.807, 2.05) is 34.6 Å². The number of esters is 2. The summed E-state index contributed by atoms with van der Waals surface area (Å²) in [6.45, 7) is 9.80. The van der Waals surface area contributed by atoms with E-state index >= 15 is 0 Å². The highest BCUT2D eigenvalue weighted by Gasteiger charge is 2.18. The molecule has 0 heterocycles. The molecule has 5 heteroatoms. The van der Waals surface area contributed by atoms with Crippen LogP contribution in [0.25, 0.3) is 0 Å². The van der Waals surface area contributed by atoms with Crippen LogP contribution in [-0.2, 0) is 9.59 Å². The van der Waals surface area contributed by atoms with Crippen LogP contribution in [0.15, 0.2) is 18.2 Å². The van der Waals surface area contributed by atoms with E-state index in [0.717, 1.165) is 25.7 Å². The fraction of sp³-hybridized carbons (Fsp3) is 0.600. The molecule has 0 aromatic heterocycles. The first-order valence-corrected chi connectivity index (χ1v) is 8.99. The SMILES string of the molecule is CCCCC(=O)Oc1ccc(OC(C)(C)C)cc1OC(=O)CCCC. The number of benzene rings is 1. The zero-order valence-corrected chi connectivity index (χ0v) is 16.0. The highest BCUT2D eigenvalue weighted by Crippen LogP contribution is 2.33. The largest absolute Gasteiger partial charge is 0.488 e. The normalized spacial score (nSPS) is 11.1. The molecule has 0 N–H and O–H groups in total. The summed E-state index contributed by atoms with van der Waals surface area (Å²) in [5.41, 5.74) is -0.386. The molecule has 25 heavy (non-hydrogen) atoms. The summed E-state index contributed by atoms with van der Waals surface area (Å²) in [6, 6.07) is 4.90. The monoisotopic (exact) mass is 350 g/mol. The van der Waals surface area contributed by atoms with Crippen LogP contribution in [0.5, 0.6) is 17.2 Å². The molecule has 0 radical (unpaired) electrons. The van der Waals surface area contributed by atoms with Crippen molar-refractivity contribution in [3.8, 4) is 17.2 Å². The van der Waals surface area contributed by atoms with Crippen LogP contribution in [0.2, 0.25) is 0 Å². The van der Waals surface area contributed by atoms with Gasteiger partial charge in [-0.05, 0) is 45.7 Å². The fourth-order valence-electron chi connectivity index (χ4n) is 2.06. The first-order valence-electron chi connectivity index (χ1n) is 8.99. The number of hydrogen-bond donors (Lipinski definition) is 0. The molecular formula is C20H30O5. The highest BCUT2D eigenvalue weighted by molar-refractivity contribution is 5.76. The van der Waals surface area contributed by atoms with Crippen LogP contribution in [0.4, 0.5) is 0 Å². The Morgan fingerprint density at radius 3 is 1.88 bits per heavy atom. The van der Waals surface area contributed by atoms with Gasteiger partial charge >= 0.3 is 11.9 Å². The Kier molecular flexibility index (Phi) is 8.46. The van der Waals surface area contributed by atoms with Crippen molar-refractivity contribution in [2.45, 2.75) is 78.7 Å². The number of unbranched alkanes of at least 4 members (excludes halogenated alkanes) is 2. The Balaban J connectivity index is 2.96. The van der Waals surface area contributed by atoms with Crippen molar-refractivity contribution in [3.63, 3.8) is 0 Å². The van der Waals surface area contributed by atoms with Crippen LogP contribution in [0, 0.1) is 0 Å². The number of ether oxygens (including phenoxy) is 3. The maximum atomic E-state index is 12.0. The molecule has 0 fully saturated rings. The number of carbonyl (C=O) groups is 2. The third-order valence-corrected chi connectivity index (χ3v) is 3.26. The van der Waals surface area contributed by atoms with Crippen LogP contribution < -0.4 is 14.2 Å². The Morgan fingerprint density at radius 1 is 0.880 bits per heavy atom. The summed E-state index contributed by atoms with van der Waals surface area (Å²) in [5.74, 6) is 0.330. The van der Waals surface area contributed by atoms with Gasteiger partial charge in [-0.1, -0.05) is 26.7 Å². The lowest BCUT2D eigenvalue weighted by molar-refractivity contribution is -0.137. The number of carbonyl (C=O) groups excluding carboxylic acids is 2. The van der Waals surface area contributed by atoms with Crippen molar-refractivity contribution in [2.24, 2.45) is 0 Å². The lowest BCUT2D eigenvalue weighted by atomic mass is 10.2. The van der Waals surface area contributed by atoms with Gasteiger partial charge in [0.15, 0.2) is 11.5 Å². The molecule has 0 aliphatic carbocycles. The van der Waals surface area contributed by atoms with E-state index < -0.39 is 0 Å². The number of hydrogen-bond acceptors (Lipinski definition) is 5. The standard InChI is InChI=1S/C20H30O5/c1-6-8-10-18(21)23-16-13-12-15(25-20(3,4)5)14-17(16)24-19(22)11-9-7-2/h12-14H,6-11H2,1-5H3. The summed E-state index contributed by atoms with van der Waals surface area (Å²) in [6.07, 6.45) is 3.98. The van der Waals surface area contributed by atoms with Crippen LogP contribution in [-0.4, -0.2) is 17.5 Å². The minimum atomic E-state index is -0.386. The van der Waals surface area contributed by atoms with E-state index in [1.165, 1.54) is 0 Å². The lowest BCUT2D eigenvalue weighted by Crippen LogP contribution is -2.23. The van der Waals surface area contributed by atoms with E-state index in [-0.39, 0.29) is 29.0 Å². The van der Waals surface area contributed by atoms with Gasteiger partial charge in [0, 0.05) is 18.9 Å². The van der Waals surface area contributed by atoms with Crippen LogP contribution >= 0.6 is 0 Å². The van der Waals surface area contributed by atoms with Crippen molar-refractivity contribution < 1.29 is 23.8 Å². The molecule has 5 nitrogen and oxygen atoms in total. The molecule has 1 aromatic rings. The van der Waals surface area contributed by atoms with E-state index in [2.05, 4.69) is 0 Å². The Labute approximate surface area is 150 Å². The fourth-order valence-corrected chi connectivity index (χ4v) is 2.06. The first kappa shape index (κ1) is 21.0. The summed E-state index contributed by atoms with van der Waals surface area (Å²) in [4.78, 5) is 23.9. The van der Waals surface area contributed by atoms with Gasteiger partial charge in [-0.3, -0.25) is 9.59 Å². The second-order valence-electron chi connectivity index (χ2n) is 6.98. The van der Waals surface area contributed by atoms with Crippen molar-refractivity contribution in [2.75, 3.05) is 0 Å². The zero-order valence-electron chi connectivity index (χ0n) is 16.0. The maximum Gasteiger partial charge on any atom is 0.311 e. The molecule has 0 atom stereocenters. The molecule has 0 bridgehead atoms. The van der Waals surface area contributed by atoms with E-state index in [0.29, 0.717) is 18.6 Å². The van der Waals surface area contributed by atoms with Crippen molar-refractivity contribution in [1.29, 1.82) is 0 Å². The lowest BCUT2D eigenvalue weighted by Gasteiger charge is -2.22. The summed E-state index contributed by atoms with van der Waals surface area (Å²) in [7, 11) is 0. The van der Waals surface area contributed by atoms with E-state index in [4.69, 9.17) is 14.2 Å². The van der Waals surface area contributed by atoms with Gasteiger partial charge in [0.25, 0.3) is 0 Å². The average molecular weight is 350 g/mol. The molecule has 0 saturated carbocycles. The Morgan fingerprint density at radius 2 is 1.40 bits per heavy atom. The predicted octanol–water partition coefficient (Wildman–Crippen LogP) is 5.06.